The van der Waals surface area contributed by atoms with E-state index in [9.17, 15) is 4.79 Å². The molecule has 0 spiro atoms. The molecule has 5 heterocycles. The van der Waals surface area contributed by atoms with Crippen molar-refractivity contribution in [2.75, 3.05) is 44.8 Å². The molecule has 4 aromatic rings. The molecule has 0 atom stereocenters. The number of H-pyrrole nitrogens is 1. The highest BCUT2D eigenvalue weighted by atomic mass is 16.5. The Balaban J connectivity index is 1.25. The van der Waals surface area contributed by atoms with Crippen LogP contribution in [0.1, 0.15) is 10.5 Å². The van der Waals surface area contributed by atoms with Crippen molar-refractivity contribution in [3.8, 4) is 11.8 Å². The van der Waals surface area contributed by atoms with Crippen LogP contribution in [-0.2, 0) is 4.74 Å². The van der Waals surface area contributed by atoms with Crippen LogP contribution >= 0.6 is 0 Å². The Kier molecular flexibility index (Phi) is 5.73. The Bertz CT molecular complexity index is 1180. The van der Waals surface area contributed by atoms with E-state index in [1.807, 2.05) is 0 Å². The number of anilines is 1. The van der Waals surface area contributed by atoms with Crippen molar-refractivity contribution in [1.29, 1.82) is 0 Å². The van der Waals surface area contributed by atoms with Crippen LogP contribution < -0.4 is 10.1 Å². The molecular weight excluding hydrogens is 412 g/mol. The molecular formula is C21H22N8O3. The molecule has 0 saturated carbocycles. The van der Waals surface area contributed by atoms with Gasteiger partial charge in [0.1, 0.15) is 12.9 Å². The molecule has 0 aliphatic carbocycles. The van der Waals surface area contributed by atoms with Gasteiger partial charge in [0, 0.05) is 44.3 Å². The number of aromatic amines is 1. The zero-order chi connectivity index (χ0) is 21.8. The van der Waals surface area contributed by atoms with Crippen LogP contribution in [0.25, 0.3) is 17.0 Å². The summed E-state index contributed by atoms with van der Waals surface area (Å²) in [5, 5.41) is 2.83. The molecule has 0 bridgehead atoms. The molecule has 0 unspecified atom stereocenters. The summed E-state index contributed by atoms with van der Waals surface area (Å²) in [7, 11) is 0. The van der Waals surface area contributed by atoms with Gasteiger partial charge in [-0.2, -0.15) is 0 Å². The van der Waals surface area contributed by atoms with E-state index < -0.39 is 0 Å². The van der Waals surface area contributed by atoms with Crippen molar-refractivity contribution >= 4 is 22.6 Å². The van der Waals surface area contributed by atoms with E-state index in [1.54, 1.807) is 53.9 Å². The van der Waals surface area contributed by atoms with Gasteiger partial charge in [-0.3, -0.25) is 14.3 Å². The maximum absolute atomic E-state index is 13.0. The summed E-state index contributed by atoms with van der Waals surface area (Å²) in [6, 6.07) is 5.27. The SMILES string of the molecule is O=C(Nc1ccc(OCCN2CCOCC2)nc1)c1nc(-n2ccnc2)nc2cc[nH]c12. The highest BCUT2D eigenvalue weighted by Crippen LogP contribution is 2.18. The minimum absolute atomic E-state index is 0.231. The number of amides is 1. The molecule has 2 N–H and O–H groups in total. The lowest BCUT2D eigenvalue weighted by atomic mass is 10.3. The Hall–Kier alpha value is -3.83. The Morgan fingerprint density at radius 3 is 2.91 bits per heavy atom. The number of imidazole rings is 1. The maximum atomic E-state index is 13.0. The van der Waals surface area contributed by atoms with Crippen LogP contribution in [0.4, 0.5) is 5.69 Å². The van der Waals surface area contributed by atoms with Gasteiger partial charge in [0.2, 0.25) is 11.8 Å². The highest BCUT2D eigenvalue weighted by molar-refractivity contribution is 6.10. The van der Waals surface area contributed by atoms with Crippen LogP contribution in [0.3, 0.4) is 0 Å². The first kappa shape index (κ1) is 20.1. The third kappa shape index (κ3) is 4.43. The zero-order valence-electron chi connectivity index (χ0n) is 17.3. The van der Waals surface area contributed by atoms with Gasteiger partial charge in [0.05, 0.1) is 36.1 Å². The van der Waals surface area contributed by atoms with Crippen molar-refractivity contribution in [1.82, 2.24) is 34.4 Å². The molecule has 5 rings (SSSR count). The normalized spacial score (nSPS) is 14.5. The molecule has 0 aromatic carbocycles. The number of aromatic nitrogens is 6. The first-order valence-corrected chi connectivity index (χ1v) is 10.3. The number of hydrogen-bond donors (Lipinski definition) is 2. The number of carbonyl (C=O) groups is 1. The molecule has 32 heavy (non-hydrogen) atoms. The van der Waals surface area contributed by atoms with E-state index in [1.165, 1.54) is 0 Å². The molecule has 1 aliphatic heterocycles. The van der Waals surface area contributed by atoms with Crippen LogP contribution in [0.15, 0.2) is 49.3 Å². The van der Waals surface area contributed by atoms with Gasteiger partial charge < -0.3 is 19.8 Å². The number of nitrogens with one attached hydrogen (secondary N) is 2. The average Bonchev–Trinajstić information content (AvgIpc) is 3.52. The second-order valence-electron chi connectivity index (χ2n) is 7.22. The zero-order valence-corrected chi connectivity index (χ0v) is 17.3. The van der Waals surface area contributed by atoms with E-state index in [0.717, 1.165) is 32.8 Å². The van der Waals surface area contributed by atoms with E-state index in [-0.39, 0.29) is 11.6 Å². The topological polar surface area (TPSA) is 123 Å². The molecule has 4 aromatic heterocycles. The first-order chi connectivity index (χ1) is 15.8. The van der Waals surface area contributed by atoms with Crippen LogP contribution in [0, 0.1) is 0 Å². The Labute approximate surface area is 183 Å². The van der Waals surface area contributed by atoms with Gasteiger partial charge >= 0.3 is 0 Å². The van der Waals surface area contributed by atoms with E-state index in [2.05, 4.69) is 35.1 Å². The molecule has 164 valence electrons. The number of rotatable bonds is 7. The summed E-state index contributed by atoms with van der Waals surface area (Å²) in [6.45, 7) is 4.72. The van der Waals surface area contributed by atoms with Gasteiger partial charge in [0.15, 0.2) is 5.69 Å². The largest absolute Gasteiger partial charge is 0.476 e. The van der Waals surface area contributed by atoms with Gasteiger partial charge in [-0.15, -0.1) is 0 Å². The lowest BCUT2D eigenvalue weighted by Gasteiger charge is -2.26. The highest BCUT2D eigenvalue weighted by Gasteiger charge is 2.17. The van der Waals surface area contributed by atoms with E-state index in [4.69, 9.17) is 9.47 Å². The molecule has 11 nitrogen and oxygen atoms in total. The van der Waals surface area contributed by atoms with E-state index in [0.29, 0.717) is 35.2 Å². The van der Waals surface area contributed by atoms with Gasteiger partial charge in [-0.25, -0.2) is 19.9 Å². The van der Waals surface area contributed by atoms with Gasteiger partial charge in [-0.1, -0.05) is 0 Å². The van der Waals surface area contributed by atoms with Crippen molar-refractivity contribution in [3.05, 3.63) is 55.0 Å². The van der Waals surface area contributed by atoms with Crippen molar-refractivity contribution < 1.29 is 14.3 Å². The maximum Gasteiger partial charge on any atom is 0.276 e. The van der Waals surface area contributed by atoms with Crippen LogP contribution in [0.2, 0.25) is 0 Å². The fourth-order valence-corrected chi connectivity index (χ4v) is 3.42. The number of pyridine rings is 1. The third-order valence-corrected chi connectivity index (χ3v) is 5.10. The Morgan fingerprint density at radius 2 is 2.12 bits per heavy atom. The number of nitrogens with zero attached hydrogens (tertiary/aromatic N) is 6. The molecule has 1 saturated heterocycles. The molecule has 1 amide bonds. The van der Waals surface area contributed by atoms with Crippen molar-refractivity contribution in [3.63, 3.8) is 0 Å². The summed E-state index contributed by atoms with van der Waals surface area (Å²) in [4.78, 5) is 35.5. The standard InChI is InChI=1S/C21H22N8O3/c30-20(19-18-16(3-4-23-18)26-21(27-19)29-6-5-22-14-29)25-15-1-2-17(24-13-15)32-12-9-28-7-10-31-11-8-28/h1-6,13-14,23H,7-12H2,(H,25,30). The van der Waals surface area contributed by atoms with Crippen LogP contribution in [0.5, 0.6) is 5.88 Å². The third-order valence-electron chi connectivity index (χ3n) is 5.10. The lowest BCUT2D eigenvalue weighted by molar-refractivity contribution is 0.0320. The number of hydrogen-bond acceptors (Lipinski definition) is 8. The number of morpholine rings is 1. The summed E-state index contributed by atoms with van der Waals surface area (Å²) in [5.41, 5.74) is 1.96. The summed E-state index contributed by atoms with van der Waals surface area (Å²) < 4.78 is 12.7. The van der Waals surface area contributed by atoms with Gasteiger partial charge in [-0.05, 0) is 12.1 Å². The monoisotopic (exact) mass is 434 g/mol. The lowest BCUT2D eigenvalue weighted by Crippen LogP contribution is -2.38. The van der Waals surface area contributed by atoms with Crippen LogP contribution in [-0.4, -0.2) is 79.7 Å². The predicted molar refractivity (Wildman–Crippen MR) is 116 cm³/mol. The quantitative estimate of drug-likeness (QED) is 0.449. The minimum atomic E-state index is -0.371. The van der Waals surface area contributed by atoms with E-state index >= 15 is 0 Å². The van der Waals surface area contributed by atoms with Gasteiger partial charge in [0.25, 0.3) is 5.91 Å². The summed E-state index contributed by atoms with van der Waals surface area (Å²) in [5.74, 6) is 0.498. The molecule has 0 radical (unpaired) electrons. The molecule has 11 heteroatoms. The summed E-state index contributed by atoms with van der Waals surface area (Å²) in [6.07, 6.45) is 8.21. The average molecular weight is 434 g/mol. The smallest absolute Gasteiger partial charge is 0.276 e. The number of ether oxygens (including phenoxy) is 2. The van der Waals surface area contributed by atoms with Crippen molar-refractivity contribution in [2.24, 2.45) is 0 Å². The minimum Gasteiger partial charge on any atom is -0.476 e. The fourth-order valence-electron chi connectivity index (χ4n) is 3.42. The van der Waals surface area contributed by atoms with Crippen molar-refractivity contribution in [2.45, 2.75) is 0 Å². The summed E-state index contributed by atoms with van der Waals surface area (Å²) >= 11 is 0. The first-order valence-electron chi connectivity index (χ1n) is 10.3. The fraction of sp³-hybridized carbons (Fsp3) is 0.286. The molecule has 1 fully saturated rings. The Morgan fingerprint density at radius 1 is 1.22 bits per heavy atom. The second kappa shape index (κ2) is 9.12. The predicted octanol–water partition coefficient (Wildman–Crippen LogP) is 1.50. The second-order valence-corrected chi connectivity index (χ2v) is 7.22. The molecule has 1 aliphatic rings. The number of fused-ring (bicyclic) bond motifs is 1. The number of carbonyl (C=O) groups excluding carboxylic acids is 1.